The first-order chi connectivity index (χ1) is 8.49. The van der Waals surface area contributed by atoms with Gasteiger partial charge in [-0.05, 0) is 43.7 Å². The second-order valence-electron chi connectivity index (χ2n) is 4.39. The standard InChI is InChI=1S/C15H14FNO/c1-9-3-4-10(2)13(7-9)15(18)12-6-5-11(17)8-14(12)16/h3-8H,17H2,1-2H3. The van der Waals surface area contributed by atoms with Crippen LogP contribution >= 0.6 is 0 Å². The van der Waals surface area contributed by atoms with E-state index in [2.05, 4.69) is 0 Å². The van der Waals surface area contributed by atoms with Crippen molar-refractivity contribution in [3.63, 3.8) is 0 Å². The molecule has 0 radical (unpaired) electrons. The Bertz CT molecular complexity index is 620. The van der Waals surface area contributed by atoms with Gasteiger partial charge in [-0.1, -0.05) is 17.7 Å². The van der Waals surface area contributed by atoms with E-state index in [-0.39, 0.29) is 11.3 Å². The van der Waals surface area contributed by atoms with E-state index >= 15 is 0 Å². The van der Waals surface area contributed by atoms with E-state index in [1.165, 1.54) is 18.2 Å². The molecule has 0 amide bonds. The van der Waals surface area contributed by atoms with Crippen molar-refractivity contribution in [3.8, 4) is 0 Å². The Morgan fingerprint density at radius 2 is 1.78 bits per heavy atom. The summed E-state index contributed by atoms with van der Waals surface area (Å²) < 4.78 is 13.7. The Labute approximate surface area is 105 Å². The van der Waals surface area contributed by atoms with Crippen LogP contribution in [0.1, 0.15) is 27.0 Å². The van der Waals surface area contributed by atoms with E-state index in [1.807, 2.05) is 26.0 Å². The predicted molar refractivity (Wildman–Crippen MR) is 70.2 cm³/mol. The molecule has 0 heterocycles. The molecule has 92 valence electrons. The summed E-state index contributed by atoms with van der Waals surface area (Å²) in [4.78, 5) is 12.3. The van der Waals surface area contributed by atoms with Crippen LogP contribution in [-0.2, 0) is 0 Å². The molecule has 2 N–H and O–H groups in total. The summed E-state index contributed by atoms with van der Waals surface area (Å²) in [5.41, 5.74) is 8.17. The summed E-state index contributed by atoms with van der Waals surface area (Å²) in [6.45, 7) is 3.73. The number of hydrogen-bond donors (Lipinski definition) is 1. The fourth-order valence-electron chi connectivity index (χ4n) is 1.84. The second kappa shape index (κ2) is 4.61. The lowest BCUT2D eigenvalue weighted by Crippen LogP contribution is -2.07. The van der Waals surface area contributed by atoms with Crippen molar-refractivity contribution in [2.75, 3.05) is 5.73 Å². The first-order valence-electron chi connectivity index (χ1n) is 5.66. The number of benzene rings is 2. The quantitative estimate of drug-likeness (QED) is 0.650. The number of hydrogen-bond acceptors (Lipinski definition) is 2. The monoisotopic (exact) mass is 243 g/mol. The van der Waals surface area contributed by atoms with Crippen LogP contribution in [-0.4, -0.2) is 5.78 Å². The van der Waals surface area contributed by atoms with Gasteiger partial charge in [0.05, 0.1) is 5.56 Å². The Hall–Kier alpha value is -2.16. The summed E-state index contributed by atoms with van der Waals surface area (Å²) in [5.74, 6) is -0.894. The first-order valence-corrected chi connectivity index (χ1v) is 5.66. The Kier molecular flexibility index (Phi) is 3.15. The van der Waals surface area contributed by atoms with Gasteiger partial charge in [0.15, 0.2) is 5.78 Å². The number of carbonyl (C=O) groups excluding carboxylic acids is 1. The molecule has 18 heavy (non-hydrogen) atoms. The van der Waals surface area contributed by atoms with E-state index in [0.29, 0.717) is 11.3 Å². The number of nitrogen functional groups attached to an aromatic ring is 1. The van der Waals surface area contributed by atoms with Gasteiger partial charge in [-0.25, -0.2) is 4.39 Å². The van der Waals surface area contributed by atoms with Gasteiger partial charge in [0.1, 0.15) is 5.82 Å². The fourth-order valence-corrected chi connectivity index (χ4v) is 1.84. The molecule has 2 aromatic carbocycles. The molecule has 0 bridgehead atoms. The van der Waals surface area contributed by atoms with E-state index in [9.17, 15) is 9.18 Å². The molecule has 3 heteroatoms. The molecule has 2 aromatic rings. The van der Waals surface area contributed by atoms with Crippen LogP contribution in [0.3, 0.4) is 0 Å². The number of rotatable bonds is 2. The molecule has 0 saturated heterocycles. The number of halogens is 1. The summed E-state index contributed by atoms with van der Waals surface area (Å²) in [7, 11) is 0. The second-order valence-corrected chi connectivity index (χ2v) is 4.39. The molecule has 2 nitrogen and oxygen atoms in total. The lowest BCUT2D eigenvalue weighted by molar-refractivity contribution is 0.103. The van der Waals surface area contributed by atoms with Crippen molar-refractivity contribution in [2.24, 2.45) is 0 Å². The Balaban J connectivity index is 2.51. The van der Waals surface area contributed by atoms with Gasteiger partial charge in [-0.3, -0.25) is 4.79 Å². The lowest BCUT2D eigenvalue weighted by atomic mass is 9.97. The van der Waals surface area contributed by atoms with Crippen LogP contribution in [0, 0.1) is 19.7 Å². The molecule has 0 aromatic heterocycles. The summed E-state index contributed by atoms with van der Waals surface area (Å²) in [5, 5.41) is 0. The van der Waals surface area contributed by atoms with Crippen molar-refractivity contribution in [2.45, 2.75) is 13.8 Å². The minimum absolute atomic E-state index is 0.0536. The maximum Gasteiger partial charge on any atom is 0.196 e. The summed E-state index contributed by atoms with van der Waals surface area (Å²) >= 11 is 0. The average molecular weight is 243 g/mol. The highest BCUT2D eigenvalue weighted by Crippen LogP contribution is 2.19. The Morgan fingerprint density at radius 3 is 2.44 bits per heavy atom. The number of aryl methyl sites for hydroxylation is 2. The molecule has 0 spiro atoms. The van der Waals surface area contributed by atoms with E-state index < -0.39 is 5.82 Å². The summed E-state index contributed by atoms with van der Waals surface area (Å²) in [6.07, 6.45) is 0. The number of ketones is 1. The van der Waals surface area contributed by atoms with E-state index in [1.54, 1.807) is 6.07 Å². The van der Waals surface area contributed by atoms with E-state index in [0.717, 1.165) is 11.1 Å². The zero-order valence-electron chi connectivity index (χ0n) is 10.3. The number of anilines is 1. The largest absolute Gasteiger partial charge is 0.399 e. The Morgan fingerprint density at radius 1 is 1.06 bits per heavy atom. The van der Waals surface area contributed by atoms with Crippen molar-refractivity contribution in [1.82, 2.24) is 0 Å². The third kappa shape index (κ3) is 2.25. The van der Waals surface area contributed by atoms with Crippen LogP contribution in [0.15, 0.2) is 36.4 Å². The molecule has 0 atom stereocenters. The van der Waals surface area contributed by atoms with Crippen LogP contribution in [0.25, 0.3) is 0 Å². The fraction of sp³-hybridized carbons (Fsp3) is 0.133. The third-order valence-electron chi connectivity index (χ3n) is 2.88. The van der Waals surface area contributed by atoms with Gasteiger partial charge in [-0.2, -0.15) is 0 Å². The molecule has 0 unspecified atom stereocenters. The molecule has 0 aliphatic carbocycles. The normalized spacial score (nSPS) is 10.4. The van der Waals surface area contributed by atoms with Crippen molar-refractivity contribution < 1.29 is 9.18 Å². The highest BCUT2D eigenvalue weighted by Gasteiger charge is 2.16. The highest BCUT2D eigenvalue weighted by molar-refractivity contribution is 6.10. The van der Waals surface area contributed by atoms with Crippen LogP contribution in [0.4, 0.5) is 10.1 Å². The van der Waals surface area contributed by atoms with Crippen molar-refractivity contribution >= 4 is 11.5 Å². The molecule has 0 aliphatic heterocycles. The van der Waals surface area contributed by atoms with Crippen LogP contribution < -0.4 is 5.73 Å². The first kappa shape index (κ1) is 12.3. The van der Waals surface area contributed by atoms with Crippen molar-refractivity contribution in [1.29, 1.82) is 0 Å². The molecule has 0 fully saturated rings. The highest BCUT2D eigenvalue weighted by atomic mass is 19.1. The summed E-state index contributed by atoms with van der Waals surface area (Å²) in [6, 6.07) is 9.67. The zero-order chi connectivity index (χ0) is 13.3. The topological polar surface area (TPSA) is 43.1 Å². The van der Waals surface area contributed by atoms with E-state index in [4.69, 9.17) is 5.73 Å². The van der Waals surface area contributed by atoms with Crippen LogP contribution in [0.5, 0.6) is 0 Å². The smallest absolute Gasteiger partial charge is 0.196 e. The van der Waals surface area contributed by atoms with Crippen molar-refractivity contribution in [3.05, 3.63) is 64.5 Å². The third-order valence-corrected chi connectivity index (χ3v) is 2.88. The zero-order valence-corrected chi connectivity index (χ0v) is 10.3. The lowest BCUT2D eigenvalue weighted by Gasteiger charge is -2.07. The van der Waals surface area contributed by atoms with Gasteiger partial charge < -0.3 is 5.73 Å². The maximum absolute atomic E-state index is 13.7. The van der Waals surface area contributed by atoms with Crippen LogP contribution in [0.2, 0.25) is 0 Å². The predicted octanol–water partition coefficient (Wildman–Crippen LogP) is 3.26. The number of carbonyl (C=O) groups is 1. The van der Waals surface area contributed by atoms with Gasteiger partial charge in [0, 0.05) is 11.3 Å². The number of nitrogens with two attached hydrogens (primary N) is 1. The molecule has 0 saturated carbocycles. The molecular formula is C15H14FNO. The van der Waals surface area contributed by atoms with Gasteiger partial charge in [-0.15, -0.1) is 0 Å². The van der Waals surface area contributed by atoms with Gasteiger partial charge in [0.25, 0.3) is 0 Å². The minimum Gasteiger partial charge on any atom is -0.399 e. The van der Waals surface area contributed by atoms with Gasteiger partial charge in [0.2, 0.25) is 0 Å². The van der Waals surface area contributed by atoms with Gasteiger partial charge >= 0.3 is 0 Å². The minimum atomic E-state index is -0.582. The molecular weight excluding hydrogens is 229 g/mol. The molecule has 0 aliphatic rings. The molecule has 2 rings (SSSR count). The average Bonchev–Trinajstić information content (AvgIpc) is 2.31. The maximum atomic E-state index is 13.7. The SMILES string of the molecule is Cc1ccc(C)c(C(=O)c2ccc(N)cc2F)c1.